The summed E-state index contributed by atoms with van der Waals surface area (Å²) in [6.07, 6.45) is 1.02. The topological polar surface area (TPSA) is 43.3 Å². The van der Waals surface area contributed by atoms with Gasteiger partial charge in [-0.05, 0) is 30.0 Å². The highest BCUT2D eigenvalue weighted by Gasteiger charge is 2.25. The van der Waals surface area contributed by atoms with Crippen LogP contribution >= 0.6 is 0 Å². The molecule has 4 rings (SSSR count). The molecule has 1 amide bonds. The highest BCUT2D eigenvalue weighted by atomic mass is 16.5. The van der Waals surface area contributed by atoms with Crippen LogP contribution < -0.4 is 10.1 Å². The van der Waals surface area contributed by atoms with Crippen molar-refractivity contribution in [2.45, 2.75) is 38.8 Å². The number of hydrogen-bond acceptors (Lipinski definition) is 2. The fourth-order valence-electron chi connectivity index (χ4n) is 3.63. The maximum absolute atomic E-state index is 12.9. The van der Waals surface area contributed by atoms with E-state index in [-0.39, 0.29) is 17.9 Å². The molecule has 0 radical (unpaired) electrons. The molecule has 0 bridgehead atoms. The first kappa shape index (κ1) is 16.7. The fraction of sp³-hybridized carbons (Fsp3) is 0.318. The zero-order valence-electron chi connectivity index (χ0n) is 15.2. The van der Waals surface area contributed by atoms with Crippen LogP contribution in [-0.4, -0.2) is 23.1 Å². The number of nitrogens with zero attached hydrogens (tertiary/aromatic N) is 1. The van der Waals surface area contributed by atoms with Gasteiger partial charge in [-0.1, -0.05) is 56.3 Å². The van der Waals surface area contributed by atoms with Crippen molar-refractivity contribution in [2.75, 3.05) is 6.54 Å². The maximum Gasteiger partial charge on any atom is 0.267 e. The SMILES string of the molecule is CCC1Cn2c(C(=O)NCC(C)c3ccccc3)cc3cccc(c32)O1. The van der Waals surface area contributed by atoms with E-state index in [0.29, 0.717) is 13.1 Å². The van der Waals surface area contributed by atoms with Crippen LogP contribution in [0.3, 0.4) is 0 Å². The third-order valence-corrected chi connectivity index (χ3v) is 5.19. The molecule has 2 atom stereocenters. The van der Waals surface area contributed by atoms with Gasteiger partial charge in [-0.3, -0.25) is 4.79 Å². The van der Waals surface area contributed by atoms with Gasteiger partial charge in [-0.25, -0.2) is 0 Å². The molecule has 4 heteroatoms. The number of carbonyl (C=O) groups is 1. The summed E-state index contributed by atoms with van der Waals surface area (Å²) in [6.45, 7) is 5.58. The Bertz CT molecular complexity index is 930. The van der Waals surface area contributed by atoms with Gasteiger partial charge in [0, 0.05) is 11.9 Å². The summed E-state index contributed by atoms with van der Waals surface area (Å²) in [5, 5.41) is 4.16. The molecule has 26 heavy (non-hydrogen) atoms. The number of carbonyl (C=O) groups excluding carboxylic acids is 1. The van der Waals surface area contributed by atoms with Gasteiger partial charge < -0.3 is 14.6 Å². The molecule has 0 saturated carbocycles. The van der Waals surface area contributed by atoms with Gasteiger partial charge in [-0.2, -0.15) is 0 Å². The number of rotatable bonds is 5. The van der Waals surface area contributed by atoms with Gasteiger partial charge in [0.05, 0.1) is 12.1 Å². The standard InChI is InChI=1S/C22H24N2O2/c1-3-18-14-24-19(12-17-10-7-11-20(26-18)21(17)24)22(25)23-13-15(2)16-8-5-4-6-9-16/h4-12,15,18H,3,13-14H2,1-2H3,(H,23,25). The van der Waals surface area contributed by atoms with Crippen LogP contribution in [0.15, 0.2) is 54.6 Å². The summed E-state index contributed by atoms with van der Waals surface area (Å²) < 4.78 is 8.17. The van der Waals surface area contributed by atoms with Gasteiger partial charge >= 0.3 is 0 Å². The Morgan fingerprint density at radius 1 is 1.23 bits per heavy atom. The minimum Gasteiger partial charge on any atom is -0.486 e. The summed E-state index contributed by atoms with van der Waals surface area (Å²) in [5.41, 5.74) is 2.98. The fourth-order valence-corrected chi connectivity index (χ4v) is 3.63. The van der Waals surface area contributed by atoms with Gasteiger partial charge in [0.1, 0.15) is 17.5 Å². The van der Waals surface area contributed by atoms with Gasteiger partial charge in [-0.15, -0.1) is 0 Å². The van der Waals surface area contributed by atoms with E-state index in [4.69, 9.17) is 4.74 Å². The third kappa shape index (κ3) is 2.96. The molecule has 0 saturated heterocycles. The number of para-hydroxylation sites is 1. The molecule has 1 aromatic heterocycles. The Hall–Kier alpha value is -2.75. The molecular formula is C22H24N2O2. The average Bonchev–Trinajstić information content (AvgIpc) is 3.06. The molecule has 1 N–H and O–H groups in total. The molecular weight excluding hydrogens is 324 g/mol. The lowest BCUT2D eigenvalue weighted by molar-refractivity contribution is 0.0936. The van der Waals surface area contributed by atoms with E-state index in [1.165, 1.54) is 5.56 Å². The summed E-state index contributed by atoms with van der Waals surface area (Å²) >= 11 is 0. The predicted molar refractivity (Wildman–Crippen MR) is 104 cm³/mol. The van der Waals surface area contributed by atoms with Crippen molar-refractivity contribution < 1.29 is 9.53 Å². The quantitative estimate of drug-likeness (QED) is 0.745. The van der Waals surface area contributed by atoms with Crippen molar-refractivity contribution in [1.82, 2.24) is 9.88 Å². The zero-order chi connectivity index (χ0) is 18.1. The number of benzene rings is 2. The monoisotopic (exact) mass is 348 g/mol. The molecule has 1 aliphatic rings. The Labute approximate surface area is 153 Å². The molecule has 2 heterocycles. The van der Waals surface area contributed by atoms with Crippen molar-refractivity contribution in [2.24, 2.45) is 0 Å². The highest BCUT2D eigenvalue weighted by Crippen LogP contribution is 2.34. The molecule has 3 aromatic rings. The molecule has 0 fully saturated rings. The van der Waals surface area contributed by atoms with E-state index in [0.717, 1.165) is 28.8 Å². The van der Waals surface area contributed by atoms with Crippen LogP contribution in [0.2, 0.25) is 0 Å². The lowest BCUT2D eigenvalue weighted by atomic mass is 10.0. The van der Waals surface area contributed by atoms with Crippen LogP contribution in [-0.2, 0) is 6.54 Å². The number of hydrogen-bond donors (Lipinski definition) is 1. The van der Waals surface area contributed by atoms with Gasteiger partial charge in [0.15, 0.2) is 0 Å². The highest BCUT2D eigenvalue weighted by molar-refractivity contribution is 6.00. The number of amides is 1. The Morgan fingerprint density at radius 3 is 2.81 bits per heavy atom. The number of ether oxygens (including phenoxy) is 1. The lowest BCUT2D eigenvalue weighted by Gasteiger charge is -2.26. The summed E-state index contributed by atoms with van der Waals surface area (Å²) in [4.78, 5) is 12.9. The van der Waals surface area contributed by atoms with Crippen molar-refractivity contribution in [3.63, 3.8) is 0 Å². The number of nitrogens with one attached hydrogen (secondary N) is 1. The van der Waals surface area contributed by atoms with E-state index in [1.54, 1.807) is 0 Å². The van der Waals surface area contributed by atoms with Crippen molar-refractivity contribution in [1.29, 1.82) is 0 Å². The first-order chi connectivity index (χ1) is 12.7. The van der Waals surface area contributed by atoms with Crippen LogP contribution in [0.4, 0.5) is 0 Å². The first-order valence-corrected chi connectivity index (χ1v) is 9.29. The van der Waals surface area contributed by atoms with Crippen LogP contribution in [0.1, 0.15) is 42.2 Å². The second-order valence-electron chi connectivity index (χ2n) is 7.00. The Balaban J connectivity index is 1.57. The summed E-state index contributed by atoms with van der Waals surface area (Å²) in [7, 11) is 0. The van der Waals surface area contributed by atoms with Crippen LogP contribution in [0, 0.1) is 0 Å². The second kappa shape index (κ2) is 6.87. The predicted octanol–water partition coefficient (Wildman–Crippen LogP) is 4.35. The normalized spacial score (nSPS) is 16.9. The van der Waals surface area contributed by atoms with E-state index < -0.39 is 0 Å². The molecule has 134 valence electrons. The summed E-state index contributed by atoms with van der Waals surface area (Å²) in [6, 6.07) is 18.3. The Morgan fingerprint density at radius 2 is 2.04 bits per heavy atom. The molecule has 0 aliphatic carbocycles. The van der Waals surface area contributed by atoms with Crippen molar-refractivity contribution in [3.8, 4) is 5.75 Å². The van der Waals surface area contributed by atoms with Crippen molar-refractivity contribution in [3.05, 3.63) is 65.9 Å². The molecule has 4 nitrogen and oxygen atoms in total. The van der Waals surface area contributed by atoms with Crippen LogP contribution in [0.5, 0.6) is 5.75 Å². The van der Waals surface area contributed by atoms with Gasteiger partial charge in [0.2, 0.25) is 0 Å². The lowest BCUT2D eigenvalue weighted by Crippen LogP contribution is -2.32. The van der Waals surface area contributed by atoms with E-state index in [2.05, 4.69) is 35.9 Å². The van der Waals surface area contributed by atoms with Gasteiger partial charge in [0.25, 0.3) is 5.91 Å². The third-order valence-electron chi connectivity index (χ3n) is 5.19. The van der Waals surface area contributed by atoms with Crippen molar-refractivity contribution >= 4 is 16.8 Å². The molecule has 2 aromatic carbocycles. The van der Waals surface area contributed by atoms with E-state index in [1.807, 2.05) is 42.5 Å². The minimum absolute atomic E-state index is 0.0216. The maximum atomic E-state index is 12.9. The summed E-state index contributed by atoms with van der Waals surface area (Å²) in [5.74, 6) is 1.12. The largest absolute Gasteiger partial charge is 0.486 e. The van der Waals surface area contributed by atoms with Crippen LogP contribution in [0.25, 0.3) is 10.9 Å². The minimum atomic E-state index is -0.0216. The molecule has 2 unspecified atom stereocenters. The van der Waals surface area contributed by atoms with E-state index in [9.17, 15) is 4.79 Å². The second-order valence-corrected chi connectivity index (χ2v) is 7.00. The zero-order valence-corrected chi connectivity index (χ0v) is 15.2. The number of aromatic nitrogens is 1. The Kier molecular flexibility index (Phi) is 4.41. The first-order valence-electron chi connectivity index (χ1n) is 9.29. The smallest absolute Gasteiger partial charge is 0.267 e. The van der Waals surface area contributed by atoms with E-state index >= 15 is 0 Å². The average molecular weight is 348 g/mol. The molecule has 1 aliphatic heterocycles. The molecule has 0 spiro atoms.